The van der Waals surface area contributed by atoms with Gasteiger partial charge in [-0.05, 0) is 137 Å². The first-order chi connectivity index (χ1) is 20.7. The van der Waals surface area contributed by atoms with Gasteiger partial charge in [0.15, 0.2) is 5.75 Å². The third-order valence-corrected chi connectivity index (χ3v) is 10.6. The molecule has 5 aliphatic rings. The molecule has 1 heterocycles. The van der Waals surface area contributed by atoms with Crippen LogP contribution >= 0.6 is 39.1 Å². The first-order valence-electron chi connectivity index (χ1n) is 14.6. The zero-order valence-corrected chi connectivity index (χ0v) is 26.3. The molecular formula is C34H29BrCl2N2O4. The molecule has 6 nitrogen and oxygen atoms in total. The Bertz CT molecular complexity index is 1610. The standard InChI is InChI=1S/C34H29BrCl2N2O4/c35-28-13-20(14-29(37)30(28)43-18-19-1-5-25(36)6-2-19)12-27-31(40)38-33(42)39(32(27)41)26-7-3-24(4-8-26)34-15-21-9-22(16-34)11-23(10-21)17-34/h1-8,12-14,21-23H,9-11,15-18H2,(H,38,40,42)/b27-12+. The number of rotatable bonds is 6. The highest BCUT2D eigenvalue weighted by Gasteiger charge is 2.51. The molecule has 1 saturated heterocycles. The van der Waals surface area contributed by atoms with Crippen molar-refractivity contribution in [1.82, 2.24) is 5.32 Å². The van der Waals surface area contributed by atoms with Crippen molar-refractivity contribution in [2.75, 3.05) is 4.90 Å². The van der Waals surface area contributed by atoms with Gasteiger partial charge in [0.25, 0.3) is 11.8 Å². The molecule has 0 atom stereocenters. The minimum Gasteiger partial charge on any atom is -0.486 e. The minimum absolute atomic E-state index is 0.164. The van der Waals surface area contributed by atoms with Crippen LogP contribution in [-0.4, -0.2) is 17.8 Å². The van der Waals surface area contributed by atoms with E-state index >= 15 is 0 Å². The molecule has 5 fully saturated rings. The fourth-order valence-corrected chi connectivity index (χ4v) is 9.14. The van der Waals surface area contributed by atoms with Gasteiger partial charge in [-0.1, -0.05) is 47.5 Å². The molecule has 43 heavy (non-hydrogen) atoms. The van der Waals surface area contributed by atoms with Gasteiger partial charge in [-0.15, -0.1) is 0 Å². The second-order valence-electron chi connectivity index (χ2n) is 12.4. The summed E-state index contributed by atoms with van der Waals surface area (Å²) >= 11 is 16.0. The molecule has 1 aliphatic heterocycles. The summed E-state index contributed by atoms with van der Waals surface area (Å²) in [5, 5.41) is 3.25. The predicted molar refractivity (Wildman–Crippen MR) is 170 cm³/mol. The second kappa shape index (κ2) is 11.1. The number of imide groups is 2. The molecule has 9 heteroatoms. The van der Waals surface area contributed by atoms with Crippen molar-refractivity contribution in [2.45, 2.75) is 50.5 Å². The summed E-state index contributed by atoms with van der Waals surface area (Å²) in [6, 6.07) is 17.6. The lowest BCUT2D eigenvalue weighted by Gasteiger charge is -2.57. The lowest BCUT2D eigenvalue weighted by atomic mass is 9.48. The maximum atomic E-state index is 13.6. The molecule has 4 saturated carbocycles. The van der Waals surface area contributed by atoms with Crippen LogP contribution in [0.15, 0.2) is 70.7 Å². The van der Waals surface area contributed by atoms with Gasteiger partial charge in [-0.3, -0.25) is 14.9 Å². The van der Waals surface area contributed by atoms with Crippen molar-refractivity contribution < 1.29 is 19.1 Å². The highest BCUT2D eigenvalue weighted by Crippen LogP contribution is 2.60. The van der Waals surface area contributed by atoms with E-state index in [-0.39, 0.29) is 17.6 Å². The molecule has 0 unspecified atom stereocenters. The van der Waals surface area contributed by atoms with Gasteiger partial charge in [0, 0.05) is 5.02 Å². The van der Waals surface area contributed by atoms with Gasteiger partial charge >= 0.3 is 6.03 Å². The molecule has 220 valence electrons. The van der Waals surface area contributed by atoms with Crippen molar-refractivity contribution in [3.05, 3.63) is 97.4 Å². The van der Waals surface area contributed by atoms with E-state index in [1.165, 1.54) is 50.2 Å². The van der Waals surface area contributed by atoms with Crippen molar-refractivity contribution in [3.8, 4) is 5.75 Å². The Morgan fingerprint density at radius 2 is 1.53 bits per heavy atom. The fraction of sp³-hybridized carbons (Fsp3) is 0.324. The number of carbonyl (C=O) groups excluding carboxylic acids is 3. The third kappa shape index (κ3) is 5.41. The predicted octanol–water partition coefficient (Wildman–Crippen LogP) is 8.47. The number of carbonyl (C=O) groups is 3. The Morgan fingerprint density at radius 3 is 2.14 bits per heavy atom. The average Bonchev–Trinajstić information content (AvgIpc) is 2.95. The number of barbiturate groups is 1. The Balaban J connectivity index is 1.11. The molecule has 1 N–H and O–H groups in total. The zero-order chi connectivity index (χ0) is 29.9. The number of nitrogens with zero attached hydrogens (tertiary/aromatic N) is 1. The van der Waals surface area contributed by atoms with E-state index in [1.807, 2.05) is 24.3 Å². The van der Waals surface area contributed by atoms with Crippen LogP contribution in [0, 0.1) is 17.8 Å². The van der Waals surface area contributed by atoms with Gasteiger partial charge in [0.2, 0.25) is 0 Å². The van der Waals surface area contributed by atoms with Crippen LogP contribution < -0.4 is 15.0 Å². The summed E-state index contributed by atoms with van der Waals surface area (Å²) in [6.45, 7) is 0.273. The second-order valence-corrected chi connectivity index (χ2v) is 14.1. The first-order valence-corrected chi connectivity index (χ1v) is 16.1. The highest BCUT2D eigenvalue weighted by molar-refractivity contribution is 9.10. The molecule has 0 radical (unpaired) electrons. The largest absolute Gasteiger partial charge is 0.486 e. The van der Waals surface area contributed by atoms with Crippen molar-refractivity contribution in [3.63, 3.8) is 0 Å². The molecule has 3 aromatic rings. The Hall–Kier alpha value is -3.13. The number of urea groups is 1. The maximum Gasteiger partial charge on any atom is 0.335 e. The van der Waals surface area contributed by atoms with E-state index in [9.17, 15) is 14.4 Å². The molecule has 0 aromatic heterocycles. The van der Waals surface area contributed by atoms with Gasteiger partial charge in [0.05, 0.1) is 15.2 Å². The van der Waals surface area contributed by atoms with Gasteiger partial charge < -0.3 is 4.74 Å². The number of amides is 4. The fourth-order valence-electron chi connectivity index (χ4n) is 8.02. The first kappa shape index (κ1) is 28.6. The normalized spacial score (nSPS) is 27.1. The summed E-state index contributed by atoms with van der Waals surface area (Å²) in [7, 11) is 0. The van der Waals surface area contributed by atoms with E-state index in [4.69, 9.17) is 27.9 Å². The van der Waals surface area contributed by atoms with E-state index in [1.54, 1.807) is 24.3 Å². The Kier molecular flexibility index (Phi) is 7.39. The summed E-state index contributed by atoms with van der Waals surface area (Å²) in [5.74, 6) is 1.43. The van der Waals surface area contributed by atoms with E-state index in [0.29, 0.717) is 31.5 Å². The number of nitrogens with one attached hydrogen (secondary N) is 1. The number of benzene rings is 3. The molecule has 8 rings (SSSR count). The van der Waals surface area contributed by atoms with Gasteiger partial charge in [-0.25, -0.2) is 9.69 Å². The lowest BCUT2D eigenvalue weighted by Crippen LogP contribution is -2.54. The monoisotopic (exact) mass is 678 g/mol. The van der Waals surface area contributed by atoms with E-state index in [2.05, 4.69) is 33.4 Å². The molecule has 4 aliphatic carbocycles. The van der Waals surface area contributed by atoms with Crippen LogP contribution in [0.4, 0.5) is 10.5 Å². The Labute approximate surface area is 268 Å². The SMILES string of the molecule is O=C1NC(=O)N(c2ccc(C34CC5CC(CC(C5)C3)C4)cc2)C(=O)/C1=C/c1cc(Cl)c(OCc2ccc(Cl)cc2)c(Br)c1. The van der Waals surface area contributed by atoms with Crippen molar-refractivity contribution in [1.29, 1.82) is 0 Å². The Morgan fingerprint density at radius 1 is 0.907 bits per heavy atom. The van der Waals surface area contributed by atoms with Gasteiger partial charge in [-0.2, -0.15) is 0 Å². The minimum atomic E-state index is -0.764. The number of halogens is 3. The highest BCUT2D eigenvalue weighted by atomic mass is 79.9. The summed E-state index contributed by atoms with van der Waals surface area (Å²) in [6.07, 6.45) is 9.21. The van der Waals surface area contributed by atoms with Crippen LogP contribution in [0.3, 0.4) is 0 Å². The third-order valence-electron chi connectivity index (χ3n) is 9.51. The quantitative estimate of drug-likeness (QED) is 0.210. The average molecular weight is 680 g/mol. The number of hydrogen-bond acceptors (Lipinski definition) is 4. The van der Waals surface area contributed by atoms with E-state index in [0.717, 1.165) is 28.2 Å². The molecular weight excluding hydrogens is 651 g/mol. The van der Waals surface area contributed by atoms with Crippen LogP contribution in [0.25, 0.3) is 6.08 Å². The molecule has 0 spiro atoms. The van der Waals surface area contributed by atoms with Crippen LogP contribution in [0.1, 0.15) is 55.2 Å². The number of ether oxygens (including phenoxy) is 1. The summed E-state index contributed by atoms with van der Waals surface area (Å²) in [4.78, 5) is 40.3. The summed E-state index contributed by atoms with van der Waals surface area (Å²) < 4.78 is 6.47. The molecule has 3 aromatic carbocycles. The van der Waals surface area contributed by atoms with Crippen LogP contribution in [0.2, 0.25) is 10.0 Å². The van der Waals surface area contributed by atoms with Crippen LogP contribution in [-0.2, 0) is 21.6 Å². The summed E-state index contributed by atoms with van der Waals surface area (Å²) in [5.41, 5.74) is 3.19. The van der Waals surface area contributed by atoms with Crippen molar-refractivity contribution >= 4 is 68.7 Å². The van der Waals surface area contributed by atoms with Gasteiger partial charge in [0.1, 0.15) is 12.2 Å². The number of anilines is 1. The topological polar surface area (TPSA) is 75.7 Å². The lowest BCUT2D eigenvalue weighted by molar-refractivity contribution is -0.122. The number of hydrogen-bond donors (Lipinski definition) is 1. The smallest absolute Gasteiger partial charge is 0.335 e. The molecule has 4 amide bonds. The maximum absolute atomic E-state index is 13.6. The molecule has 4 bridgehead atoms. The van der Waals surface area contributed by atoms with Crippen LogP contribution in [0.5, 0.6) is 5.75 Å². The van der Waals surface area contributed by atoms with Crippen molar-refractivity contribution in [2.24, 2.45) is 17.8 Å². The van der Waals surface area contributed by atoms with E-state index < -0.39 is 17.8 Å². The zero-order valence-electron chi connectivity index (χ0n) is 23.2.